The van der Waals surface area contributed by atoms with E-state index in [2.05, 4.69) is 5.32 Å². The minimum atomic E-state index is -0.320. The SMILES string of the molecule is CC(=O)N1CCc2cc(NC(=O)c3cccc(Cl)c3Cl)ccc21. The maximum absolute atomic E-state index is 12.3. The quantitative estimate of drug-likeness (QED) is 0.885. The van der Waals surface area contributed by atoms with Crippen LogP contribution in [0.15, 0.2) is 36.4 Å². The van der Waals surface area contributed by atoms with Crippen molar-refractivity contribution in [2.75, 3.05) is 16.8 Å². The van der Waals surface area contributed by atoms with Crippen molar-refractivity contribution in [1.82, 2.24) is 0 Å². The van der Waals surface area contributed by atoms with E-state index in [9.17, 15) is 9.59 Å². The van der Waals surface area contributed by atoms with Crippen LogP contribution in [0, 0.1) is 0 Å². The third-order valence-corrected chi connectivity index (χ3v) is 4.63. The van der Waals surface area contributed by atoms with Crippen molar-refractivity contribution in [3.63, 3.8) is 0 Å². The molecule has 0 spiro atoms. The number of anilines is 2. The van der Waals surface area contributed by atoms with Crippen LogP contribution in [-0.2, 0) is 11.2 Å². The summed E-state index contributed by atoms with van der Waals surface area (Å²) in [6, 6.07) is 10.4. The van der Waals surface area contributed by atoms with Crippen LogP contribution in [-0.4, -0.2) is 18.4 Å². The average molecular weight is 349 g/mol. The van der Waals surface area contributed by atoms with E-state index in [0.717, 1.165) is 17.7 Å². The van der Waals surface area contributed by atoms with Crippen LogP contribution in [0.5, 0.6) is 0 Å². The monoisotopic (exact) mass is 348 g/mol. The second-order valence-electron chi connectivity index (χ2n) is 5.32. The first-order valence-corrected chi connectivity index (χ1v) is 7.89. The number of nitrogens with zero attached hydrogens (tertiary/aromatic N) is 1. The largest absolute Gasteiger partial charge is 0.322 e. The Morgan fingerprint density at radius 1 is 1.17 bits per heavy atom. The molecule has 2 aromatic rings. The standard InChI is InChI=1S/C17H14Cl2N2O2/c1-10(22)21-8-7-11-9-12(5-6-15(11)21)20-17(23)13-3-2-4-14(18)16(13)19/h2-6,9H,7-8H2,1H3,(H,20,23). The summed E-state index contributed by atoms with van der Waals surface area (Å²) >= 11 is 12.0. The summed E-state index contributed by atoms with van der Waals surface area (Å²) in [7, 11) is 0. The van der Waals surface area contributed by atoms with Gasteiger partial charge >= 0.3 is 0 Å². The second-order valence-corrected chi connectivity index (χ2v) is 6.10. The molecule has 0 bridgehead atoms. The lowest BCUT2D eigenvalue weighted by molar-refractivity contribution is -0.116. The van der Waals surface area contributed by atoms with Gasteiger partial charge in [0, 0.05) is 24.8 Å². The molecule has 0 radical (unpaired) electrons. The third kappa shape index (κ3) is 3.05. The Hall–Kier alpha value is -2.04. The molecule has 1 aliphatic heterocycles. The van der Waals surface area contributed by atoms with E-state index in [1.54, 1.807) is 36.1 Å². The van der Waals surface area contributed by atoms with Gasteiger partial charge in [-0.2, -0.15) is 0 Å². The Balaban J connectivity index is 1.83. The number of hydrogen-bond donors (Lipinski definition) is 1. The molecular formula is C17H14Cl2N2O2. The molecule has 1 N–H and O–H groups in total. The average Bonchev–Trinajstić information content (AvgIpc) is 2.93. The number of rotatable bonds is 2. The Morgan fingerprint density at radius 3 is 2.70 bits per heavy atom. The number of halogens is 2. The van der Waals surface area contributed by atoms with Gasteiger partial charge in [0.15, 0.2) is 0 Å². The maximum Gasteiger partial charge on any atom is 0.257 e. The van der Waals surface area contributed by atoms with E-state index in [4.69, 9.17) is 23.2 Å². The Labute approximate surface area is 144 Å². The highest BCUT2D eigenvalue weighted by Crippen LogP contribution is 2.31. The van der Waals surface area contributed by atoms with Crippen LogP contribution in [0.2, 0.25) is 10.0 Å². The molecule has 3 rings (SSSR count). The molecular weight excluding hydrogens is 335 g/mol. The third-order valence-electron chi connectivity index (χ3n) is 3.81. The highest BCUT2D eigenvalue weighted by Gasteiger charge is 2.22. The number of fused-ring (bicyclic) bond motifs is 1. The summed E-state index contributed by atoms with van der Waals surface area (Å²) in [5, 5.41) is 3.38. The first kappa shape index (κ1) is 15.8. The summed E-state index contributed by atoms with van der Waals surface area (Å²) in [4.78, 5) is 25.6. The number of hydrogen-bond acceptors (Lipinski definition) is 2. The summed E-state index contributed by atoms with van der Waals surface area (Å²) in [5.41, 5.74) is 2.92. The van der Waals surface area contributed by atoms with Crippen molar-refractivity contribution in [2.24, 2.45) is 0 Å². The number of nitrogens with one attached hydrogen (secondary N) is 1. The van der Waals surface area contributed by atoms with Crippen molar-refractivity contribution in [1.29, 1.82) is 0 Å². The van der Waals surface area contributed by atoms with Crippen molar-refractivity contribution in [3.8, 4) is 0 Å². The van der Waals surface area contributed by atoms with Gasteiger partial charge in [-0.3, -0.25) is 9.59 Å². The lowest BCUT2D eigenvalue weighted by Gasteiger charge is -2.15. The molecule has 0 atom stereocenters. The van der Waals surface area contributed by atoms with E-state index in [0.29, 0.717) is 22.8 Å². The number of benzene rings is 2. The minimum Gasteiger partial charge on any atom is -0.322 e. The van der Waals surface area contributed by atoms with Gasteiger partial charge in [-0.25, -0.2) is 0 Å². The molecule has 0 saturated carbocycles. The molecule has 6 heteroatoms. The molecule has 1 heterocycles. The molecule has 4 nitrogen and oxygen atoms in total. The van der Waals surface area contributed by atoms with Gasteiger partial charge in [-0.15, -0.1) is 0 Å². The van der Waals surface area contributed by atoms with Crippen molar-refractivity contribution < 1.29 is 9.59 Å². The lowest BCUT2D eigenvalue weighted by atomic mass is 10.1. The van der Waals surface area contributed by atoms with Gasteiger partial charge in [0.2, 0.25) is 5.91 Å². The highest BCUT2D eigenvalue weighted by atomic mass is 35.5. The Kier molecular flexibility index (Phi) is 4.28. The molecule has 0 unspecified atom stereocenters. The predicted octanol–water partition coefficient (Wildman–Crippen LogP) is 4.15. The van der Waals surface area contributed by atoms with Gasteiger partial charge in [0.1, 0.15) is 0 Å². The minimum absolute atomic E-state index is 0.0197. The smallest absolute Gasteiger partial charge is 0.257 e. The summed E-state index contributed by atoms with van der Waals surface area (Å²) in [6.07, 6.45) is 0.774. The van der Waals surface area contributed by atoms with Gasteiger partial charge in [0.05, 0.1) is 15.6 Å². The van der Waals surface area contributed by atoms with Crippen LogP contribution in [0.4, 0.5) is 11.4 Å². The van der Waals surface area contributed by atoms with E-state index in [-0.39, 0.29) is 16.8 Å². The predicted molar refractivity (Wildman–Crippen MR) is 92.6 cm³/mol. The number of carbonyl (C=O) groups excluding carboxylic acids is 2. The maximum atomic E-state index is 12.3. The molecule has 2 aromatic carbocycles. The Bertz CT molecular complexity index is 805. The fourth-order valence-electron chi connectivity index (χ4n) is 2.68. The van der Waals surface area contributed by atoms with Gasteiger partial charge in [-0.1, -0.05) is 29.3 Å². The molecule has 23 heavy (non-hydrogen) atoms. The van der Waals surface area contributed by atoms with Crippen molar-refractivity contribution in [2.45, 2.75) is 13.3 Å². The molecule has 0 fully saturated rings. The fourth-order valence-corrected chi connectivity index (χ4v) is 3.07. The van der Waals surface area contributed by atoms with Gasteiger partial charge in [-0.05, 0) is 42.3 Å². The Morgan fingerprint density at radius 2 is 1.96 bits per heavy atom. The molecule has 0 aromatic heterocycles. The number of carbonyl (C=O) groups is 2. The van der Waals surface area contributed by atoms with Crippen molar-refractivity contribution in [3.05, 3.63) is 57.6 Å². The number of amides is 2. The van der Waals surface area contributed by atoms with E-state index in [1.807, 2.05) is 12.1 Å². The first-order chi connectivity index (χ1) is 11.0. The van der Waals surface area contributed by atoms with Crippen molar-refractivity contribution >= 4 is 46.4 Å². The van der Waals surface area contributed by atoms with Crippen LogP contribution in [0.1, 0.15) is 22.8 Å². The molecule has 118 valence electrons. The van der Waals surface area contributed by atoms with E-state index >= 15 is 0 Å². The molecule has 0 aliphatic carbocycles. The lowest BCUT2D eigenvalue weighted by Crippen LogP contribution is -2.25. The molecule has 0 saturated heterocycles. The summed E-state index contributed by atoms with van der Waals surface area (Å²) in [5.74, 6) is -0.301. The fraction of sp³-hybridized carbons (Fsp3) is 0.176. The van der Waals surface area contributed by atoms with E-state index in [1.165, 1.54) is 0 Å². The van der Waals surface area contributed by atoms with Crippen LogP contribution < -0.4 is 10.2 Å². The normalized spacial score (nSPS) is 12.9. The zero-order chi connectivity index (χ0) is 16.6. The van der Waals surface area contributed by atoms with Gasteiger partial charge < -0.3 is 10.2 Å². The van der Waals surface area contributed by atoms with Crippen LogP contribution in [0.3, 0.4) is 0 Å². The topological polar surface area (TPSA) is 49.4 Å². The first-order valence-electron chi connectivity index (χ1n) is 7.14. The molecule has 1 aliphatic rings. The zero-order valence-corrected chi connectivity index (χ0v) is 13.9. The second kappa shape index (κ2) is 6.22. The summed E-state index contributed by atoms with van der Waals surface area (Å²) < 4.78 is 0. The summed E-state index contributed by atoms with van der Waals surface area (Å²) in [6.45, 7) is 2.22. The highest BCUT2D eigenvalue weighted by molar-refractivity contribution is 6.44. The van der Waals surface area contributed by atoms with Crippen LogP contribution >= 0.6 is 23.2 Å². The zero-order valence-electron chi connectivity index (χ0n) is 12.4. The van der Waals surface area contributed by atoms with Gasteiger partial charge in [0.25, 0.3) is 5.91 Å². The molecule has 2 amide bonds. The van der Waals surface area contributed by atoms with E-state index < -0.39 is 0 Å². The van der Waals surface area contributed by atoms with Crippen LogP contribution in [0.25, 0.3) is 0 Å².